The van der Waals surface area contributed by atoms with Gasteiger partial charge in [-0.1, -0.05) is 0 Å². The fourth-order valence-electron chi connectivity index (χ4n) is 0.557. The molecule has 0 aromatic heterocycles. The number of aliphatic hydroxyl groups excluding tert-OH is 1. The minimum absolute atomic E-state index is 0.0796. The monoisotopic (exact) mass is 162 g/mol. The second-order valence-corrected chi connectivity index (χ2v) is 1.99. The van der Waals surface area contributed by atoms with Crippen molar-refractivity contribution in [3.8, 4) is 0 Å². The van der Waals surface area contributed by atoms with Crippen LogP contribution in [0.2, 0.25) is 0 Å². The van der Waals surface area contributed by atoms with Gasteiger partial charge in [0.2, 0.25) is 0 Å². The van der Waals surface area contributed by atoms with E-state index in [1.54, 1.807) is 13.8 Å². The maximum atomic E-state index is 10.8. The summed E-state index contributed by atoms with van der Waals surface area (Å²) in [5.41, 5.74) is 0. The van der Waals surface area contributed by atoms with E-state index >= 15 is 0 Å². The molecule has 0 saturated carbocycles. The van der Waals surface area contributed by atoms with Crippen LogP contribution in [0.25, 0.3) is 0 Å². The van der Waals surface area contributed by atoms with Gasteiger partial charge >= 0.3 is 5.97 Å². The van der Waals surface area contributed by atoms with Crippen LogP contribution in [-0.2, 0) is 14.3 Å². The van der Waals surface area contributed by atoms with Gasteiger partial charge in [-0.2, -0.15) is 0 Å². The zero-order valence-electron chi connectivity index (χ0n) is 6.87. The van der Waals surface area contributed by atoms with Gasteiger partial charge in [-0.25, -0.2) is 4.79 Å². The molecule has 4 heteroatoms. The number of hydrogen-bond donors (Lipinski definition) is 1. The van der Waals surface area contributed by atoms with Gasteiger partial charge in [0, 0.05) is 0 Å². The third kappa shape index (κ3) is 4.75. The van der Waals surface area contributed by atoms with E-state index in [2.05, 4.69) is 4.74 Å². The molecule has 0 fully saturated rings. The number of ether oxygens (including phenoxy) is 2. The van der Waals surface area contributed by atoms with Crippen LogP contribution in [0.15, 0.2) is 0 Å². The van der Waals surface area contributed by atoms with Crippen molar-refractivity contribution in [1.29, 1.82) is 0 Å². The highest BCUT2D eigenvalue weighted by Gasteiger charge is 2.12. The Bertz CT molecular complexity index is 113. The zero-order valence-corrected chi connectivity index (χ0v) is 6.87. The summed E-state index contributed by atoms with van der Waals surface area (Å²) in [4.78, 5) is 10.8. The first-order valence-corrected chi connectivity index (χ1v) is 3.61. The third-order valence-electron chi connectivity index (χ3n) is 1.08. The molecule has 0 bridgehead atoms. The molecule has 0 aliphatic carbocycles. The van der Waals surface area contributed by atoms with E-state index in [1.165, 1.54) is 0 Å². The van der Waals surface area contributed by atoms with Gasteiger partial charge in [0.1, 0.15) is 0 Å². The van der Waals surface area contributed by atoms with E-state index in [0.717, 1.165) is 0 Å². The van der Waals surface area contributed by atoms with Crippen LogP contribution >= 0.6 is 0 Å². The lowest BCUT2D eigenvalue weighted by Crippen LogP contribution is -2.24. The van der Waals surface area contributed by atoms with Crippen molar-refractivity contribution in [3.63, 3.8) is 0 Å². The molecule has 0 amide bonds. The standard InChI is InChI=1S/C7H14O4/c1-3-10-7(9)6(2)11-5-4-8/h6,8H,3-5H2,1-2H3/t6-/m0/s1. The van der Waals surface area contributed by atoms with Crippen molar-refractivity contribution in [1.82, 2.24) is 0 Å². The number of carbonyl (C=O) groups excluding carboxylic acids is 1. The van der Waals surface area contributed by atoms with Crippen LogP contribution in [0, 0.1) is 0 Å². The summed E-state index contributed by atoms with van der Waals surface area (Å²) in [6.45, 7) is 3.76. The number of rotatable bonds is 5. The summed E-state index contributed by atoms with van der Waals surface area (Å²) in [6.07, 6.45) is -0.581. The van der Waals surface area contributed by atoms with E-state index in [4.69, 9.17) is 9.84 Å². The smallest absolute Gasteiger partial charge is 0.334 e. The summed E-state index contributed by atoms with van der Waals surface area (Å²) in [5.74, 6) is -0.388. The van der Waals surface area contributed by atoms with E-state index in [-0.39, 0.29) is 19.2 Å². The normalized spacial score (nSPS) is 12.6. The van der Waals surface area contributed by atoms with Gasteiger partial charge < -0.3 is 14.6 Å². The van der Waals surface area contributed by atoms with E-state index < -0.39 is 6.10 Å². The van der Waals surface area contributed by atoms with Gasteiger partial charge in [0.25, 0.3) is 0 Å². The lowest BCUT2D eigenvalue weighted by molar-refractivity contribution is -0.155. The van der Waals surface area contributed by atoms with Crippen LogP contribution in [-0.4, -0.2) is 37.0 Å². The van der Waals surface area contributed by atoms with Crippen molar-refractivity contribution in [2.45, 2.75) is 20.0 Å². The molecular weight excluding hydrogens is 148 g/mol. The van der Waals surface area contributed by atoms with Gasteiger partial charge in [-0.05, 0) is 13.8 Å². The Balaban J connectivity index is 3.46. The van der Waals surface area contributed by atoms with E-state index in [9.17, 15) is 4.79 Å². The average molecular weight is 162 g/mol. The molecular formula is C7H14O4. The highest BCUT2D eigenvalue weighted by atomic mass is 16.6. The Morgan fingerprint density at radius 2 is 2.27 bits per heavy atom. The molecule has 0 aromatic carbocycles. The molecule has 0 radical (unpaired) electrons. The minimum Gasteiger partial charge on any atom is -0.464 e. The molecule has 0 saturated heterocycles. The summed E-state index contributed by atoms with van der Waals surface area (Å²) >= 11 is 0. The number of hydrogen-bond acceptors (Lipinski definition) is 4. The molecule has 11 heavy (non-hydrogen) atoms. The largest absolute Gasteiger partial charge is 0.464 e. The highest BCUT2D eigenvalue weighted by Crippen LogP contribution is 1.93. The van der Waals surface area contributed by atoms with Crippen molar-refractivity contribution in [2.24, 2.45) is 0 Å². The Morgan fingerprint density at radius 1 is 1.64 bits per heavy atom. The maximum absolute atomic E-state index is 10.8. The lowest BCUT2D eigenvalue weighted by atomic mass is 10.4. The molecule has 0 aliphatic heterocycles. The predicted molar refractivity (Wildman–Crippen MR) is 39.1 cm³/mol. The number of carbonyl (C=O) groups is 1. The SMILES string of the molecule is CCOC(=O)[C@H](C)OCCO. The fourth-order valence-corrected chi connectivity index (χ4v) is 0.557. The molecule has 66 valence electrons. The third-order valence-corrected chi connectivity index (χ3v) is 1.08. The van der Waals surface area contributed by atoms with Crippen molar-refractivity contribution in [2.75, 3.05) is 19.8 Å². The van der Waals surface area contributed by atoms with Crippen molar-refractivity contribution < 1.29 is 19.4 Å². The van der Waals surface area contributed by atoms with Crippen LogP contribution in [0.5, 0.6) is 0 Å². The molecule has 0 aromatic rings. The van der Waals surface area contributed by atoms with Gasteiger partial charge in [-0.15, -0.1) is 0 Å². The van der Waals surface area contributed by atoms with E-state index in [0.29, 0.717) is 6.61 Å². The van der Waals surface area contributed by atoms with Gasteiger partial charge in [-0.3, -0.25) is 0 Å². The Labute approximate surface area is 66.1 Å². The average Bonchev–Trinajstić information content (AvgIpc) is 2.00. The van der Waals surface area contributed by atoms with Crippen LogP contribution < -0.4 is 0 Å². The first kappa shape index (κ1) is 10.4. The predicted octanol–water partition coefficient (Wildman–Crippen LogP) is -0.0531. The quantitative estimate of drug-likeness (QED) is 0.576. The molecule has 0 spiro atoms. The number of aliphatic hydroxyl groups is 1. The maximum Gasteiger partial charge on any atom is 0.334 e. The zero-order chi connectivity index (χ0) is 8.69. The Hall–Kier alpha value is -0.610. The van der Waals surface area contributed by atoms with Crippen LogP contribution in [0.1, 0.15) is 13.8 Å². The Kier molecular flexibility index (Phi) is 5.78. The Morgan fingerprint density at radius 3 is 2.73 bits per heavy atom. The lowest BCUT2D eigenvalue weighted by Gasteiger charge is -2.09. The molecule has 0 heterocycles. The summed E-state index contributed by atoms with van der Waals surface area (Å²) in [7, 11) is 0. The second-order valence-electron chi connectivity index (χ2n) is 1.99. The first-order chi connectivity index (χ1) is 5.22. The summed E-state index contributed by atoms with van der Waals surface area (Å²) in [6, 6.07) is 0. The van der Waals surface area contributed by atoms with Crippen LogP contribution in [0.3, 0.4) is 0 Å². The van der Waals surface area contributed by atoms with Crippen LogP contribution in [0.4, 0.5) is 0 Å². The first-order valence-electron chi connectivity index (χ1n) is 3.61. The van der Waals surface area contributed by atoms with E-state index in [1.807, 2.05) is 0 Å². The number of esters is 1. The molecule has 0 unspecified atom stereocenters. The second kappa shape index (κ2) is 6.12. The van der Waals surface area contributed by atoms with Gasteiger partial charge in [0.15, 0.2) is 6.10 Å². The topological polar surface area (TPSA) is 55.8 Å². The molecule has 4 nitrogen and oxygen atoms in total. The minimum atomic E-state index is -0.581. The van der Waals surface area contributed by atoms with Crippen molar-refractivity contribution in [3.05, 3.63) is 0 Å². The summed E-state index contributed by atoms with van der Waals surface area (Å²) < 4.78 is 9.54. The van der Waals surface area contributed by atoms with Crippen molar-refractivity contribution >= 4 is 5.97 Å². The molecule has 1 atom stereocenters. The summed E-state index contributed by atoms with van der Waals surface area (Å²) in [5, 5.41) is 8.35. The fraction of sp³-hybridized carbons (Fsp3) is 0.857. The van der Waals surface area contributed by atoms with Gasteiger partial charge in [0.05, 0.1) is 19.8 Å². The highest BCUT2D eigenvalue weighted by molar-refractivity contribution is 5.74. The molecule has 1 N–H and O–H groups in total. The molecule has 0 aliphatic rings. The molecule has 0 rings (SSSR count).